The van der Waals surface area contributed by atoms with Crippen LogP contribution in [0.2, 0.25) is 0 Å². The fourth-order valence-electron chi connectivity index (χ4n) is 1.95. The molecule has 0 heterocycles. The number of halogens is 1. The Bertz CT molecular complexity index is 172. The van der Waals surface area contributed by atoms with Gasteiger partial charge in [-0.1, -0.05) is 30.5 Å². The van der Waals surface area contributed by atoms with E-state index < -0.39 is 0 Å². The van der Waals surface area contributed by atoms with E-state index in [0.717, 1.165) is 25.8 Å². The molecular formula is C10H18ClNO. The molecule has 0 aromatic carbocycles. The number of likely N-dealkylation sites (N-methyl/N-ethyl adjacent to an activating group) is 1. The quantitative estimate of drug-likeness (QED) is 0.759. The SMILES string of the molecule is CN(C/C=C/Cl)C1CCCCC1O. The van der Waals surface area contributed by atoms with Crippen molar-refractivity contribution in [2.75, 3.05) is 13.6 Å². The molecule has 13 heavy (non-hydrogen) atoms. The molecule has 2 nitrogen and oxygen atoms in total. The highest BCUT2D eigenvalue weighted by atomic mass is 35.5. The van der Waals surface area contributed by atoms with Crippen LogP contribution >= 0.6 is 11.6 Å². The number of nitrogens with zero attached hydrogens (tertiary/aromatic N) is 1. The molecule has 0 aromatic heterocycles. The Hall–Kier alpha value is -0.0500. The van der Waals surface area contributed by atoms with Gasteiger partial charge in [0, 0.05) is 18.1 Å². The topological polar surface area (TPSA) is 23.5 Å². The van der Waals surface area contributed by atoms with Crippen molar-refractivity contribution in [3.63, 3.8) is 0 Å². The Morgan fingerprint density at radius 3 is 2.77 bits per heavy atom. The number of aliphatic hydroxyl groups is 1. The van der Waals surface area contributed by atoms with Crippen LogP contribution in [0.4, 0.5) is 0 Å². The molecule has 2 unspecified atom stereocenters. The van der Waals surface area contributed by atoms with E-state index in [1.165, 1.54) is 12.0 Å². The number of hydrogen-bond acceptors (Lipinski definition) is 2. The molecule has 0 radical (unpaired) electrons. The van der Waals surface area contributed by atoms with E-state index in [-0.39, 0.29) is 6.10 Å². The monoisotopic (exact) mass is 203 g/mol. The van der Waals surface area contributed by atoms with Gasteiger partial charge in [0.1, 0.15) is 0 Å². The molecule has 1 saturated carbocycles. The Morgan fingerprint density at radius 1 is 1.46 bits per heavy atom. The van der Waals surface area contributed by atoms with Crippen LogP contribution in [0.3, 0.4) is 0 Å². The molecule has 1 aliphatic carbocycles. The van der Waals surface area contributed by atoms with Crippen LogP contribution in [0.15, 0.2) is 11.6 Å². The van der Waals surface area contributed by atoms with Crippen LogP contribution in [-0.2, 0) is 0 Å². The Balaban J connectivity index is 2.38. The maximum atomic E-state index is 9.74. The summed E-state index contributed by atoms with van der Waals surface area (Å²) in [5.74, 6) is 0. The smallest absolute Gasteiger partial charge is 0.0695 e. The third kappa shape index (κ3) is 3.29. The standard InChI is InChI=1S/C10H18ClNO/c1-12(8-4-7-11)9-5-2-3-6-10(9)13/h4,7,9-10,13H,2-3,5-6,8H2,1H3/b7-4+. The summed E-state index contributed by atoms with van der Waals surface area (Å²) in [6, 6.07) is 0.321. The highest BCUT2D eigenvalue weighted by Gasteiger charge is 2.25. The summed E-state index contributed by atoms with van der Waals surface area (Å²) in [5, 5.41) is 9.74. The van der Waals surface area contributed by atoms with Crippen molar-refractivity contribution >= 4 is 11.6 Å². The second kappa shape index (κ2) is 5.63. The van der Waals surface area contributed by atoms with Gasteiger partial charge in [-0.25, -0.2) is 0 Å². The zero-order valence-corrected chi connectivity index (χ0v) is 8.87. The van der Waals surface area contributed by atoms with Crippen molar-refractivity contribution in [3.05, 3.63) is 11.6 Å². The summed E-state index contributed by atoms with van der Waals surface area (Å²) < 4.78 is 0. The first-order valence-corrected chi connectivity index (χ1v) is 5.33. The van der Waals surface area contributed by atoms with E-state index in [1.54, 1.807) is 0 Å². The summed E-state index contributed by atoms with van der Waals surface area (Å²) in [6.07, 6.45) is 6.20. The summed E-state index contributed by atoms with van der Waals surface area (Å²) in [5.41, 5.74) is 1.53. The minimum atomic E-state index is -0.150. The second-order valence-electron chi connectivity index (χ2n) is 3.72. The summed E-state index contributed by atoms with van der Waals surface area (Å²) in [7, 11) is 2.04. The van der Waals surface area contributed by atoms with Gasteiger partial charge in [0.15, 0.2) is 0 Å². The average Bonchev–Trinajstić information content (AvgIpc) is 2.15. The molecule has 0 aromatic rings. The fourth-order valence-corrected chi connectivity index (χ4v) is 2.03. The molecule has 0 bridgehead atoms. The maximum Gasteiger partial charge on any atom is 0.0695 e. The zero-order valence-electron chi connectivity index (χ0n) is 8.12. The third-order valence-electron chi connectivity index (χ3n) is 2.74. The van der Waals surface area contributed by atoms with Crippen LogP contribution in [0, 0.1) is 0 Å². The summed E-state index contributed by atoms with van der Waals surface area (Å²) in [6.45, 7) is 0.825. The predicted octanol–water partition coefficient (Wildman–Crippen LogP) is 1.97. The molecule has 0 spiro atoms. The lowest BCUT2D eigenvalue weighted by atomic mass is 9.92. The van der Waals surface area contributed by atoms with E-state index in [9.17, 15) is 5.11 Å². The molecular weight excluding hydrogens is 186 g/mol. The Labute approximate surface area is 85.2 Å². The lowest BCUT2D eigenvalue weighted by Crippen LogP contribution is -2.43. The van der Waals surface area contributed by atoms with Crippen molar-refractivity contribution in [2.45, 2.75) is 37.8 Å². The van der Waals surface area contributed by atoms with Gasteiger partial charge in [-0.15, -0.1) is 0 Å². The van der Waals surface area contributed by atoms with Gasteiger partial charge in [0.25, 0.3) is 0 Å². The van der Waals surface area contributed by atoms with Crippen molar-refractivity contribution in [2.24, 2.45) is 0 Å². The van der Waals surface area contributed by atoms with Crippen LogP contribution in [0.25, 0.3) is 0 Å². The largest absolute Gasteiger partial charge is 0.391 e. The lowest BCUT2D eigenvalue weighted by Gasteiger charge is -2.34. The Morgan fingerprint density at radius 2 is 2.15 bits per heavy atom. The molecule has 3 heteroatoms. The van der Waals surface area contributed by atoms with Gasteiger partial charge in [-0.3, -0.25) is 4.90 Å². The zero-order chi connectivity index (χ0) is 9.68. The minimum absolute atomic E-state index is 0.150. The van der Waals surface area contributed by atoms with Gasteiger partial charge < -0.3 is 5.11 Å². The molecule has 1 fully saturated rings. The molecule has 0 amide bonds. The number of hydrogen-bond donors (Lipinski definition) is 1. The molecule has 0 aliphatic heterocycles. The van der Waals surface area contributed by atoms with Crippen molar-refractivity contribution in [3.8, 4) is 0 Å². The minimum Gasteiger partial charge on any atom is -0.391 e. The van der Waals surface area contributed by atoms with E-state index >= 15 is 0 Å². The molecule has 1 N–H and O–H groups in total. The first-order valence-electron chi connectivity index (χ1n) is 4.89. The molecule has 0 saturated heterocycles. The summed E-state index contributed by atoms with van der Waals surface area (Å²) in [4.78, 5) is 2.17. The first-order chi connectivity index (χ1) is 6.25. The van der Waals surface area contributed by atoms with Gasteiger partial charge >= 0.3 is 0 Å². The highest BCUT2D eigenvalue weighted by Crippen LogP contribution is 2.22. The van der Waals surface area contributed by atoms with E-state index in [0.29, 0.717) is 6.04 Å². The van der Waals surface area contributed by atoms with Crippen LogP contribution in [0.5, 0.6) is 0 Å². The van der Waals surface area contributed by atoms with Gasteiger partial charge in [0.2, 0.25) is 0 Å². The second-order valence-corrected chi connectivity index (χ2v) is 3.97. The van der Waals surface area contributed by atoms with Crippen molar-refractivity contribution in [1.82, 2.24) is 4.90 Å². The molecule has 1 rings (SSSR count). The van der Waals surface area contributed by atoms with Crippen LogP contribution in [0.1, 0.15) is 25.7 Å². The van der Waals surface area contributed by atoms with Gasteiger partial charge in [0.05, 0.1) is 6.10 Å². The van der Waals surface area contributed by atoms with Crippen LogP contribution < -0.4 is 0 Å². The van der Waals surface area contributed by atoms with E-state index in [4.69, 9.17) is 11.6 Å². The predicted molar refractivity (Wildman–Crippen MR) is 55.9 cm³/mol. The molecule has 1 aliphatic rings. The maximum absolute atomic E-state index is 9.74. The van der Waals surface area contributed by atoms with Gasteiger partial charge in [-0.2, -0.15) is 0 Å². The molecule has 76 valence electrons. The normalized spacial score (nSPS) is 30.2. The number of aliphatic hydroxyl groups excluding tert-OH is 1. The van der Waals surface area contributed by atoms with Crippen molar-refractivity contribution in [1.29, 1.82) is 0 Å². The molecule has 2 atom stereocenters. The average molecular weight is 204 g/mol. The number of rotatable bonds is 3. The fraction of sp³-hybridized carbons (Fsp3) is 0.800. The Kier molecular flexibility index (Phi) is 4.78. The van der Waals surface area contributed by atoms with Gasteiger partial charge in [-0.05, 0) is 19.9 Å². The summed E-state index contributed by atoms with van der Waals surface area (Å²) >= 11 is 5.45. The van der Waals surface area contributed by atoms with Crippen LogP contribution in [-0.4, -0.2) is 35.7 Å². The third-order valence-corrected chi connectivity index (χ3v) is 2.92. The highest BCUT2D eigenvalue weighted by molar-refractivity contribution is 6.25. The first kappa shape index (κ1) is 11.0. The lowest BCUT2D eigenvalue weighted by molar-refractivity contribution is 0.0373. The van der Waals surface area contributed by atoms with Crippen molar-refractivity contribution < 1.29 is 5.11 Å². The van der Waals surface area contributed by atoms with E-state index in [1.807, 2.05) is 13.1 Å². The van der Waals surface area contributed by atoms with E-state index in [2.05, 4.69) is 4.90 Å².